The van der Waals surface area contributed by atoms with Gasteiger partial charge in [0.05, 0.1) is 6.54 Å². The molecule has 29 heavy (non-hydrogen) atoms. The van der Waals surface area contributed by atoms with Gasteiger partial charge in [-0.1, -0.05) is 44.2 Å². The molecular weight excluding hydrogens is 366 g/mol. The summed E-state index contributed by atoms with van der Waals surface area (Å²) < 4.78 is 1.74. The average molecular weight is 389 g/mol. The van der Waals surface area contributed by atoms with Crippen LogP contribution in [0.4, 0.5) is 5.69 Å². The SMILES string of the molecule is CC(C)[C@@H](C(=O)Nc1ccc(Cn2cncn2)cc1)N1Cc2ccccc2C1=O. The number of hydrogen-bond acceptors (Lipinski definition) is 4. The third-order valence-corrected chi connectivity index (χ3v) is 5.12. The fourth-order valence-corrected chi connectivity index (χ4v) is 3.72. The second-order valence-corrected chi connectivity index (χ2v) is 7.56. The van der Waals surface area contributed by atoms with E-state index in [2.05, 4.69) is 15.4 Å². The van der Waals surface area contributed by atoms with Crippen molar-refractivity contribution >= 4 is 17.5 Å². The minimum absolute atomic E-state index is 0.0140. The van der Waals surface area contributed by atoms with Gasteiger partial charge in [-0.15, -0.1) is 0 Å². The third kappa shape index (κ3) is 3.89. The molecule has 1 N–H and O–H groups in total. The number of nitrogens with one attached hydrogen (secondary N) is 1. The van der Waals surface area contributed by atoms with Crippen LogP contribution < -0.4 is 5.32 Å². The Morgan fingerprint density at radius 1 is 1.14 bits per heavy atom. The van der Waals surface area contributed by atoms with Gasteiger partial charge in [-0.25, -0.2) is 9.67 Å². The first kappa shape index (κ1) is 18.9. The molecule has 1 aromatic heterocycles. The molecule has 0 saturated carbocycles. The Bertz CT molecular complexity index is 1010. The number of carbonyl (C=O) groups is 2. The van der Waals surface area contributed by atoms with Crippen LogP contribution in [0.3, 0.4) is 0 Å². The molecule has 0 fully saturated rings. The van der Waals surface area contributed by atoms with Crippen molar-refractivity contribution in [3.63, 3.8) is 0 Å². The van der Waals surface area contributed by atoms with Crippen LogP contribution in [0.2, 0.25) is 0 Å². The fourth-order valence-electron chi connectivity index (χ4n) is 3.72. The molecule has 2 aromatic carbocycles. The summed E-state index contributed by atoms with van der Waals surface area (Å²) in [6.07, 6.45) is 3.16. The Morgan fingerprint density at radius 2 is 1.90 bits per heavy atom. The van der Waals surface area contributed by atoms with Crippen LogP contribution in [0.1, 0.15) is 35.3 Å². The van der Waals surface area contributed by atoms with Crippen LogP contribution in [-0.2, 0) is 17.9 Å². The zero-order chi connectivity index (χ0) is 20.4. The van der Waals surface area contributed by atoms with Gasteiger partial charge in [-0.3, -0.25) is 9.59 Å². The lowest BCUT2D eigenvalue weighted by atomic mass is 10.0. The highest BCUT2D eigenvalue weighted by Crippen LogP contribution is 2.27. The second-order valence-electron chi connectivity index (χ2n) is 7.56. The zero-order valence-corrected chi connectivity index (χ0v) is 16.4. The number of anilines is 1. The molecule has 2 amide bonds. The Labute approximate surface area is 169 Å². The van der Waals surface area contributed by atoms with E-state index in [0.29, 0.717) is 24.3 Å². The maximum Gasteiger partial charge on any atom is 0.255 e. The van der Waals surface area contributed by atoms with E-state index >= 15 is 0 Å². The molecule has 1 atom stereocenters. The molecule has 2 heterocycles. The molecule has 0 radical (unpaired) electrons. The smallest absolute Gasteiger partial charge is 0.255 e. The highest BCUT2D eigenvalue weighted by atomic mass is 16.2. The van der Waals surface area contributed by atoms with E-state index in [-0.39, 0.29) is 17.7 Å². The first-order valence-electron chi connectivity index (χ1n) is 9.64. The highest BCUT2D eigenvalue weighted by molar-refractivity contribution is 6.03. The van der Waals surface area contributed by atoms with Crippen LogP contribution >= 0.6 is 0 Å². The molecule has 0 unspecified atom stereocenters. The molecule has 0 aliphatic carbocycles. The maximum absolute atomic E-state index is 13.1. The number of benzene rings is 2. The van der Waals surface area contributed by atoms with Crippen molar-refractivity contribution in [3.05, 3.63) is 77.9 Å². The van der Waals surface area contributed by atoms with Crippen LogP contribution in [0.15, 0.2) is 61.2 Å². The number of carbonyl (C=O) groups excluding carboxylic acids is 2. The van der Waals surface area contributed by atoms with E-state index in [1.807, 2.05) is 62.4 Å². The summed E-state index contributed by atoms with van der Waals surface area (Å²) in [5.41, 5.74) is 3.41. The molecule has 0 saturated heterocycles. The lowest BCUT2D eigenvalue weighted by Gasteiger charge is -2.30. The Morgan fingerprint density at radius 3 is 2.55 bits per heavy atom. The monoisotopic (exact) mass is 389 g/mol. The highest BCUT2D eigenvalue weighted by Gasteiger charge is 2.37. The minimum atomic E-state index is -0.537. The number of nitrogens with zero attached hydrogens (tertiary/aromatic N) is 4. The second kappa shape index (κ2) is 7.87. The van der Waals surface area contributed by atoms with Crippen molar-refractivity contribution in [1.29, 1.82) is 0 Å². The molecule has 148 valence electrons. The number of aromatic nitrogens is 3. The van der Waals surface area contributed by atoms with Gasteiger partial charge in [0.15, 0.2) is 0 Å². The standard InChI is InChI=1S/C22H23N5O2/c1-15(2)20(27-12-17-5-3-4-6-19(17)22(27)29)21(28)25-18-9-7-16(8-10-18)11-26-14-23-13-24-26/h3-10,13-15,20H,11-12H2,1-2H3,(H,25,28)/t20-/m0/s1. The number of amides is 2. The molecule has 7 nitrogen and oxygen atoms in total. The topological polar surface area (TPSA) is 80.1 Å². The predicted octanol–water partition coefficient (Wildman–Crippen LogP) is 2.95. The zero-order valence-electron chi connectivity index (χ0n) is 16.4. The number of hydrogen-bond donors (Lipinski definition) is 1. The van der Waals surface area contributed by atoms with E-state index in [0.717, 1.165) is 11.1 Å². The van der Waals surface area contributed by atoms with Crippen LogP contribution in [0.25, 0.3) is 0 Å². The van der Waals surface area contributed by atoms with Crippen molar-refractivity contribution in [2.75, 3.05) is 5.32 Å². The van der Waals surface area contributed by atoms with Gasteiger partial charge in [0.1, 0.15) is 18.7 Å². The molecule has 7 heteroatoms. The summed E-state index contributed by atoms with van der Waals surface area (Å²) in [5.74, 6) is -0.275. The average Bonchev–Trinajstić information content (AvgIpc) is 3.32. The van der Waals surface area contributed by atoms with Crippen LogP contribution in [0.5, 0.6) is 0 Å². The lowest BCUT2D eigenvalue weighted by molar-refractivity contribution is -0.122. The normalized spacial score (nSPS) is 14.2. The lowest BCUT2D eigenvalue weighted by Crippen LogP contribution is -2.47. The maximum atomic E-state index is 13.1. The fraction of sp³-hybridized carbons (Fsp3) is 0.273. The van der Waals surface area contributed by atoms with Crippen molar-refractivity contribution in [3.8, 4) is 0 Å². The number of fused-ring (bicyclic) bond motifs is 1. The summed E-state index contributed by atoms with van der Waals surface area (Å²) in [4.78, 5) is 31.5. The predicted molar refractivity (Wildman–Crippen MR) is 109 cm³/mol. The van der Waals surface area contributed by atoms with Crippen molar-refractivity contribution in [1.82, 2.24) is 19.7 Å². The Hall–Kier alpha value is -3.48. The molecule has 1 aliphatic heterocycles. The van der Waals surface area contributed by atoms with E-state index in [1.54, 1.807) is 15.9 Å². The van der Waals surface area contributed by atoms with Crippen LogP contribution in [0, 0.1) is 5.92 Å². The molecule has 0 bridgehead atoms. The third-order valence-electron chi connectivity index (χ3n) is 5.12. The van der Waals surface area contributed by atoms with Gasteiger partial charge < -0.3 is 10.2 Å². The minimum Gasteiger partial charge on any atom is -0.324 e. The summed E-state index contributed by atoms with van der Waals surface area (Å²) in [6.45, 7) is 5.00. The van der Waals surface area contributed by atoms with Crippen LogP contribution in [-0.4, -0.2) is 37.5 Å². The van der Waals surface area contributed by atoms with Gasteiger partial charge in [0, 0.05) is 17.8 Å². The van der Waals surface area contributed by atoms with E-state index in [1.165, 1.54) is 6.33 Å². The van der Waals surface area contributed by atoms with Crippen molar-refractivity contribution in [2.45, 2.75) is 33.0 Å². The molecule has 0 spiro atoms. The largest absolute Gasteiger partial charge is 0.324 e. The summed E-state index contributed by atoms with van der Waals surface area (Å²) in [5, 5.41) is 7.06. The Kier molecular flexibility index (Phi) is 5.12. The van der Waals surface area contributed by atoms with Gasteiger partial charge in [0.25, 0.3) is 5.91 Å². The summed E-state index contributed by atoms with van der Waals surface area (Å²) in [7, 11) is 0. The van der Waals surface area contributed by atoms with E-state index in [9.17, 15) is 9.59 Å². The molecule has 1 aliphatic rings. The summed E-state index contributed by atoms with van der Waals surface area (Å²) in [6, 6.07) is 14.6. The molecule has 3 aromatic rings. The quantitative estimate of drug-likeness (QED) is 0.703. The van der Waals surface area contributed by atoms with Gasteiger partial charge in [-0.05, 0) is 35.2 Å². The Balaban J connectivity index is 1.46. The van der Waals surface area contributed by atoms with E-state index in [4.69, 9.17) is 0 Å². The van der Waals surface area contributed by atoms with Crippen molar-refractivity contribution < 1.29 is 9.59 Å². The van der Waals surface area contributed by atoms with Gasteiger partial charge in [-0.2, -0.15) is 5.10 Å². The van der Waals surface area contributed by atoms with E-state index < -0.39 is 6.04 Å². The summed E-state index contributed by atoms with van der Waals surface area (Å²) >= 11 is 0. The first-order chi connectivity index (χ1) is 14.0. The first-order valence-corrected chi connectivity index (χ1v) is 9.64. The number of rotatable bonds is 6. The molecule has 4 rings (SSSR count). The van der Waals surface area contributed by atoms with Crippen molar-refractivity contribution in [2.24, 2.45) is 5.92 Å². The van der Waals surface area contributed by atoms with Gasteiger partial charge >= 0.3 is 0 Å². The van der Waals surface area contributed by atoms with Gasteiger partial charge in [0.2, 0.25) is 5.91 Å². The molecular formula is C22H23N5O2.